The van der Waals surface area contributed by atoms with Gasteiger partial charge < -0.3 is 0 Å². The Morgan fingerprint density at radius 2 is 1.48 bits per heavy atom. The summed E-state index contributed by atoms with van der Waals surface area (Å²) in [6, 6.07) is 11.0. The molecule has 0 amide bonds. The number of unbranched alkanes of at least 4 members (excludes halogenated alkanes) is 1. The molecular weight excluding hydrogens is 351 g/mol. The number of hydrogen-bond donors (Lipinski definition) is 1. The number of nitrogens with one attached hydrogen (secondary N) is 1. The van der Waals surface area contributed by atoms with Crippen molar-refractivity contribution in [1.82, 2.24) is 4.72 Å². The fourth-order valence-corrected chi connectivity index (χ4v) is 3.31. The van der Waals surface area contributed by atoms with E-state index in [0.717, 1.165) is 37.0 Å². The molecule has 0 aromatic heterocycles. The Morgan fingerprint density at radius 1 is 0.920 bits per heavy atom. The molecule has 0 saturated carbocycles. The second-order valence-electron chi connectivity index (χ2n) is 5.77. The first-order valence-electron chi connectivity index (χ1n) is 7.97. The zero-order valence-corrected chi connectivity index (χ0v) is 14.6. The van der Waals surface area contributed by atoms with Gasteiger partial charge in [0.2, 0.25) is 10.0 Å². The quantitative estimate of drug-likeness (QED) is 0.777. The van der Waals surface area contributed by atoms with Crippen LogP contribution < -0.4 is 4.72 Å². The minimum Gasteiger partial charge on any atom is -0.207 e. The molecule has 2 rings (SSSR count). The van der Waals surface area contributed by atoms with E-state index < -0.39 is 21.8 Å². The summed E-state index contributed by atoms with van der Waals surface area (Å²) in [6.45, 7) is 2.02. The molecular formula is C18H20F3NO2S. The Hall–Kier alpha value is -1.86. The summed E-state index contributed by atoms with van der Waals surface area (Å²) >= 11 is 0. The molecule has 0 unspecified atom stereocenters. The van der Waals surface area contributed by atoms with Gasteiger partial charge in [-0.05, 0) is 48.2 Å². The first kappa shape index (κ1) is 19.5. The Bertz CT molecular complexity index is 783. The highest BCUT2D eigenvalue weighted by Crippen LogP contribution is 2.29. The number of benzene rings is 2. The molecule has 0 bridgehead atoms. The van der Waals surface area contributed by atoms with Gasteiger partial charge in [-0.3, -0.25) is 0 Å². The molecule has 7 heteroatoms. The molecule has 0 atom stereocenters. The van der Waals surface area contributed by atoms with E-state index in [-0.39, 0.29) is 11.4 Å². The van der Waals surface area contributed by atoms with Gasteiger partial charge in [-0.15, -0.1) is 0 Å². The number of halogens is 3. The van der Waals surface area contributed by atoms with Crippen molar-refractivity contribution in [2.75, 3.05) is 0 Å². The molecule has 0 aliphatic carbocycles. The number of aryl methyl sites for hydroxylation is 1. The lowest BCUT2D eigenvalue weighted by atomic mass is 10.1. The van der Waals surface area contributed by atoms with Gasteiger partial charge in [0.15, 0.2) is 0 Å². The SMILES string of the molecule is CCCCc1ccc(S(=O)(=O)NCc2ccc(C(F)(F)F)cc2)cc1. The topological polar surface area (TPSA) is 46.2 Å². The highest BCUT2D eigenvalue weighted by atomic mass is 32.2. The van der Waals surface area contributed by atoms with Crippen molar-refractivity contribution < 1.29 is 21.6 Å². The molecule has 0 fully saturated rings. The molecule has 0 saturated heterocycles. The van der Waals surface area contributed by atoms with E-state index in [9.17, 15) is 21.6 Å². The second-order valence-corrected chi connectivity index (χ2v) is 7.53. The van der Waals surface area contributed by atoms with Gasteiger partial charge in [-0.1, -0.05) is 37.6 Å². The van der Waals surface area contributed by atoms with Crippen LogP contribution in [0.25, 0.3) is 0 Å². The van der Waals surface area contributed by atoms with Crippen LogP contribution in [0.2, 0.25) is 0 Å². The Labute approximate surface area is 145 Å². The summed E-state index contributed by atoms with van der Waals surface area (Å²) in [7, 11) is -3.71. The number of rotatable bonds is 7. The maximum absolute atomic E-state index is 12.5. The molecule has 136 valence electrons. The molecule has 25 heavy (non-hydrogen) atoms. The maximum atomic E-state index is 12.5. The summed E-state index contributed by atoms with van der Waals surface area (Å²) in [6.07, 6.45) is -1.40. The number of hydrogen-bond acceptors (Lipinski definition) is 2. The van der Waals surface area contributed by atoms with Gasteiger partial charge in [-0.2, -0.15) is 13.2 Å². The third-order valence-corrected chi connectivity index (χ3v) is 5.22. The van der Waals surface area contributed by atoms with E-state index >= 15 is 0 Å². The van der Waals surface area contributed by atoms with Crippen molar-refractivity contribution in [2.24, 2.45) is 0 Å². The van der Waals surface area contributed by atoms with Crippen LogP contribution in [0.4, 0.5) is 13.2 Å². The highest BCUT2D eigenvalue weighted by Gasteiger charge is 2.29. The minimum atomic E-state index is -4.41. The highest BCUT2D eigenvalue weighted by molar-refractivity contribution is 7.89. The summed E-state index contributed by atoms with van der Waals surface area (Å²) in [5, 5.41) is 0. The van der Waals surface area contributed by atoms with E-state index in [0.29, 0.717) is 5.56 Å². The van der Waals surface area contributed by atoms with Gasteiger partial charge in [-0.25, -0.2) is 13.1 Å². The zero-order chi connectivity index (χ0) is 18.5. The molecule has 0 heterocycles. The van der Waals surface area contributed by atoms with Gasteiger partial charge in [0.25, 0.3) is 0 Å². The zero-order valence-electron chi connectivity index (χ0n) is 13.8. The van der Waals surface area contributed by atoms with Gasteiger partial charge in [0.05, 0.1) is 10.5 Å². The normalized spacial score (nSPS) is 12.3. The second kappa shape index (κ2) is 8.01. The van der Waals surface area contributed by atoms with Crippen molar-refractivity contribution in [1.29, 1.82) is 0 Å². The van der Waals surface area contributed by atoms with Crippen LogP contribution in [0.3, 0.4) is 0 Å². The molecule has 0 aliphatic rings. The fourth-order valence-electron chi connectivity index (χ4n) is 2.29. The molecule has 3 nitrogen and oxygen atoms in total. The van der Waals surface area contributed by atoms with E-state index in [4.69, 9.17) is 0 Å². The fraction of sp³-hybridized carbons (Fsp3) is 0.333. The number of sulfonamides is 1. The van der Waals surface area contributed by atoms with Crippen molar-refractivity contribution in [2.45, 2.75) is 43.8 Å². The van der Waals surface area contributed by atoms with Crippen LogP contribution >= 0.6 is 0 Å². The average molecular weight is 371 g/mol. The Balaban J connectivity index is 2.01. The van der Waals surface area contributed by atoms with E-state index in [1.807, 2.05) is 0 Å². The summed E-state index contributed by atoms with van der Waals surface area (Å²) in [5.74, 6) is 0. The standard InChI is InChI=1S/C18H20F3NO2S/c1-2-3-4-14-7-11-17(12-8-14)25(23,24)22-13-15-5-9-16(10-6-15)18(19,20)21/h5-12,22H,2-4,13H2,1H3. The third-order valence-electron chi connectivity index (χ3n) is 3.80. The van der Waals surface area contributed by atoms with Crippen molar-refractivity contribution in [3.05, 3.63) is 65.2 Å². The summed E-state index contributed by atoms with van der Waals surface area (Å²) in [5.41, 5.74) is 0.765. The molecule has 2 aromatic rings. The van der Waals surface area contributed by atoms with Crippen LogP contribution in [-0.2, 0) is 29.2 Å². The molecule has 0 spiro atoms. The van der Waals surface area contributed by atoms with Crippen LogP contribution in [0.1, 0.15) is 36.5 Å². The Kier molecular flexibility index (Phi) is 6.24. The van der Waals surface area contributed by atoms with E-state index in [2.05, 4.69) is 11.6 Å². The van der Waals surface area contributed by atoms with Gasteiger partial charge in [0.1, 0.15) is 0 Å². The predicted octanol–water partition coefficient (Wildman–Crippen LogP) is 4.53. The number of alkyl halides is 3. The smallest absolute Gasteiger partial charge is 0.207 e. The van der Waals surface area contributed by atoms with Crippen LogP contribution in [0.5, 0.6) is 0 Å². The van der Waals surface area contributed by atoms with Crippen molar-refractivity contribution in [3.63, 3.8) is 0 Å². The minimum absolute atomic E-state index is 0.0714. The summed E-state index contributed by atoms with van der Waals surface area (Å²) < 4.78 is 64.5. The van der Waals surface area contributed by atoms with Crippen molar-refractivity contribution in [3.8, 4) is 0 Å². The van der Waals surface area contributed by atoms with Gasteiger partial charge >= 0.3 is 6.18 Å². The van der Waals surface area contributed by atoms with Gasteiger partial charge in [0, 0.05) is 6.54 Å². The van der Waals surface area contributed by atoms with E-state index in [1.165, 1.54) is 12.1 Å². The summed E-state index contributed by atoms with van der Waals surface area (Å²) in [4.78, 5) is 0.139. The molecule has 0 aliphatic heterocycles. The predicted molar refractivity (Wildman–Crippen MR) is 90.5 cm³/mol. The lowest BCUT2D eigenvalue weighted by Gasteiger charge is -2.10. The molecule has 1 N–H and O–H groups in total. The van der Waals surface area contributed by atoms with E-state index in [1.54, 1.807) is 24.3 Å². The largest absolute Gasteiger partial charge is 0.416 e. The lowest BCUT2D eigenvalue weighted by molar-refractivity contribution is -0.137. The third kappa shape index (κ3) is 5.57. The monoisotopic (exact) mass is 371 g/mol. The van der Waals surface area contributed by atoms with Crippen LogP contribution in [0, 0.1) is 0 Å². The average Bonchev–Trinajstić information content (AvgIpc) is 2.58. The first-order valence-corrected chi connectivity index (χ1v) is 9.45. The van der Waals surface area contributed by atoms with Crippen molar-refractivity contribution >= 4 is 10.0 Å². The lowest BCUT2D eigenvalue weighted by Crippen LogP contribution is -2.23. The first-order chi connectivity index (χ1) is 11.7. The maximum Gasteiger partial charge on any atom is 0.416 e. The molecule has 2 aromatic carbocycles. The van der Waals surface area contributed by atoms with Crippen LogP contribution in [0.15, 0.2) is 53.4 Å². The molecule has 0 radical (unpaired) electrons. The van der Waals surface area contributed by atoms with Crippen LogP contribution in [-0.4, -0.2) is 8.42 Å². The Morgan fingerprint density at radius 3 is 2.00 bits per heavy atom.